The summed E-state index contributed by atoms with van der Waals surface area (Å²) in [5, 5.41) is 0. The highest BCUT2D eigenvalue weighted by Crippen LogP contribution is 2.39. The van der Waals surface area contributed by atoms with Crippen LogP contribution >= 0.6 is 0 Å². The highest BCUT2D eigenvalue weighted by atomic mass is 19.1. The monoisotopic (exact) mass is 329 g/mol. The molecule has 0 bridgehead atoms. The van der Waals surface area contributed by atoms with Gasteiger partial charge in [0.1, 0.15) is 12.3 Å². The van der Waals surface area contributed by atoms with Crippen molar-refractivity contribution in [3.05, 3.63) is 47.9 Å². The van der Waals surface area contributed by atoms with Crippen molar-refractivity contribution in [3.63, 3.8) is 0 Å². The zero-order valence-electron chi connectivity index (χ0n) is 13.2. The van der Waals surface area contributed by atoms with E-state index in [0.717, 1.165) is 11.3 Å². The zero-order valence-corrected chi connectivity index (χ0v) is 13.2. The Bertz CT molecular complexity index is 719. The number of aromatic nitrogens is 2. The Labute approximate surface area is 139 Å². The smallest absolute Gasteiger partial charge is 0.178 e. The summed E-state index contributed by atoms with van der Waals surface area (Å²) in [7, 11) is 0. The molecule has 2 aromatic rings. The van der Waals surface area contributed by atoms with E-state index >= 15 is 0 Å². The van der Waals surface area contributed by atoms with Crippen LogP contribution in [0.4, 0.5) is 10.2 Å². The van der Waals surface area contributed by atoms with Crippen LogP contribution in [0.25, 0.3) is 0 Å². The Morgan fingerprint density at radius 2 is 2.17 bits per heavy atom. The van der Waals surface area contributed by atoms with Crippen LogP contribution in [0, 0.1) is 5.92 Å². The number of halogens is 1. The normalized spacial score (nSPS) is 28.5. The largest absolute Gasteiger partial charge is 0.376 e. The Hall–Kier alpha value is -2.25. The Balaban J connectivity index is 1.30. The van der Waals surface area contributed by atoms with Gasteiger partial charge in [0.15, 0.2) is 5.82 Å². The average Bonchev–Trinajstić information content (AvgIpc) is 3.09. The van der Waals surface area contributed by atoms with E-state index < -0.39 is 12.3 Å². The predicted octanol–water partition coefficient (Wildman–Crippen LogP) is 2.29. The molecule has 1 aromatic heterocycles. The average molecular weight is 329 g/mol. The number of hydrogen-bond donors (Lipinski definition) is 2. The lowest BCUT2D eigenvalue weighted by molar-refractivity contribution is -0.0510. The topological polar surface area (TPSA) is 79.5 Å². The minimum absolute atomic E-state index is 0.0949. The van der Waals surface area contributed by atoms with Gasteiger partial charge in [0.05, 0.1) is 37.6 Å². The van der Waals surface area contributed by atoms with Crippen LogP contribution in [0.15, 0.2) is 41.7 Å². The quantitative estimate of drug-likeness (QED) is 0.882. The fourth-order valence-corrected chi connectivity index (χ4v) is 3.29. The molecule has 1 aliphatic heterocycles. The third-order valence-electron chi connectivity index (χ3n) is 4.77. The van der Waals surface area contributed by atoms with Crippen LogP contribution < -0.4 is 5.73 Å². The number of aliphatic imine (C=N–C) groups is 1. The molecule has 3 N–H and O–H groups in total. The van der Waals surface area contributed by atoms with Gasteiger partial charge in [0, 0.05) is 5.92 Å². The summed E-state index contributed by atoms with van der Waals surface area (Å²) in [4.78, 5) is 13.1. The molecule has 1 aliphatic carbocycles. The molecule has 2 aliphatic rings. The molecule has 1 aromatic carbocycles. The maximum absolute atomic E-state index is 14.6. The fourth-order valence-electron chi connectivity index (χ4n) is 3.29. The molecule has 4 atom stereocenters. The van der Waals surface area contributed by atoms with Crippen molar-refractivity contribution in [2.75, 3.05) is 6.61 Å². The molecule has 0 saturated heterocycles. The van der Waals surface area contributed by atoms with Crippen molar-refractivity contribution in [1.82, 2.24) is 14.9 Å². The highest BCUT2D eigenvalue weighted by molar-refractivity contribution is 5.65. The third kappa shape index (κ3) is 2.70. The summed E-state index contributed by atoms with van der Waals surface area (Å²) in [6, 6.07) is 9.65. The van der Waals surface area contributed by atoms with Crippen molar-refractivity contribution in [3.8, 4) is 0 Å². The van der Waals surface area contributed by atoms with Crippen LogP contribution in [0.2, 0.25) is 0 Å². The molecule has 2 heterocycles. The molecule has 0 radical (unpaired) electrons. The summed E-state index contributed by atoms with van der Waals surface area (Å²) >= 11 is 0. The zero-order chi connectivity index (χ0) is 16.5. The molecule has 0 spiro atoms. The number of rotatable bonds is 5. The molecular weight excluding hydrogens is 309 g/mol. The number of H-pyrrole nitrogens is 1. The van der Waals surface area contributed by atoms with Crippen LogP contribution in [-0.2, 0) is 11.3 Å². The number of benzene rings is 1. The van der Waals surface area contributed by atoms with E-state index in [-0.39, 0.29) is 12.0 Å². The van der Waals surface area contributed by atoms with Crippen molar-refractivity contribution in [2.45, 2.75) is 31.4 Å². The molecule has 4 unspecified atom stereocenters. The van der Waals surface area contributed by atoms with Gasteiger partial charge in [-0.2, -0.15) is 0 Å². The van der Waals surface area contributed by atoms with Gasteiger partial charge < -0.3 is 20.4 Å². The molecule has 24 heavy (non-hydrogen) atoms. The summed E-state index contributed by atoms with van der Waals surface area (Å²) in [6.45, 7) is 0.930. The molecule has 1 fully saturated rings. The molecular formula is C17H20FN5O. The van der Waals surface area contributed by atoms with Crippen LogP contribution in [0.1, 0.15) is 23.8 Å². The fraction of sp³-hybridized carbons (Fsp3) is 0.412. The first kappa shape index (κ1) is 15.3. The number of alkyl halides is 1. The predicted molar refractivity (Wildman–Crippen MR) is 88.4 cm³/mol. The second-order valence-electron chi connectivity index (χ2n) is 6.28. The van der Waals surface area contributed by atoms with Crippen molar-refractivity contribution >= 4 is 12.2 Å². The summed E-state index contributed by atoms with van der Waals surface area (Å²) in [6.07, 6.45) is 2.46. The van der Waals surface area contributed by atoms with Crippen molar-refractivity contribution in [2.24, 2.45) is 16.6 Å². The van der Waals surface area contributed by atoms with Gasteiger partial charge in [-0.05, 0) is 12.0 Å². The van der Waals surface area contributed by atoms with Gasteiger partial charge in [-0.25, -0.2) is 14.4 Å². The number of nitrogens with zero attached hydrogens (tertiary/aromatic N) is 3. The van der Waals surface area contributed by atoms with Crippen LogP contribution in [-0.4, -0.2) is 40.0 Å². The number of nitrogens with one attached hydrogen (secondary N) is 1. The van der Waals surface area contributed by atoms with Crippen molar-refractivity contribution in [1.29, 1.82) is 0 Å². The van der Waals surface area contributed by atoms with Crippen LogP contribution in [0.3, 0.4) is 0 Å². The van der Waals surface area contributed by atoms with Crippen LogP contribution in [0.5, 0.6) is 0 Å². The minimum atomic E-state index is -0.970. The third-order valence-corrected chi connectivity index (χ3v) is 4.77. The van der Waals surface area contributed by atoms with Gasteiger partial charge in [0.2, 0.25) is 0 Å². The van der Waals surface area contributed by atoms with E-state index in [1.807, 2.05) is 30.3 Å². The van der Waals surface area contributed by atoms with Gasteiger partial charge in [-0.15, -0.1) is 0 Å². The minimum Gasteiger partial charge on any atom is -0.376 e. The lowest BCUT2D eigenvalue weighted by atomic mass is 9.77. The molecule has 6 nitrogen and oxygen atoms in total. The SMILES string of the molecule is NC1c2[nH]cnc2N=CN1C1CC(COCc2ccccc2)C1F. The van der Waals surface area contributed by atoms with E-state index in [1.165, 1.54) is 0 Å². The maximum Gasteiger partial charge on any atom is 0.178 e. The Morgan fingerprint density at radius 3 is 2.96 bits per heavy atom. The van der Waals surface area contributed by atoms with Gasteiger partial charge >= 0.3 is 0 Å². The Kier molecular flexibility index (Phi) is 4.03. The lowest BCUT2D eigenvalue weighted by Crippen LogP contribution is -2.58. The molecule has 1 saturated carbocycles. The number of fused-ring (bicyclic) bond motifs is 1. The van der Waals surface area contributed by atoms with E-state index in [0.29, 0.717) is 25.5 Å². The Morgan fingerprint density at radius 1 is 1.33 bits per heavy atom. The summed E-state index contributed by atoms with van der Waals surface area (Å²) in [5.74, 6) is 0.485. The van der Waals surface area contributed by atoms with E-state index in [1.54, 1.807) is 17.6 Å². The van der Waals surface area contributed by atoms with Crippen molar-refractivity contribution < 1.29 is 9.13 Å². The molecule has 0 amide bonds. The standard InChI is InChI=1S/C17H20FN5O/c18-14-12(8-24-7-11-4-2-1-3-5-11)6-13(14)23-10-22-17-15(16(23)19)20-9-21-17/h1-5,9-10,12-14,16H,6-8,19H2,(H,20,21). The van der Waals surface area contributed by atoms with Gasteiger partial charge in [0.25, 0.3) is 0 Å². The van der Waals surface area contributed by atoms with E-state index in [2.05, 4.69) is 15.0 Å². The lowest BCUT2D eigenvalue weighted by Gasteiger charge is -2.47. The molecule has 4 rings (SSSR count). The summed E-state index contributed by atoms with van der Waals surface area (Å²) < 4.78 is 20.2. The first-order valence-electron chi connectivity index (χ1n) is 8.10. The number of hydrogen-bond acceptors (Lipinski definition) is 5. The van der Waals surface area contributed by atoms with Gasteiger partial charge in [-0.3, -0.25) is 0 Å². The van der Waals surface area contributed by atoms with E-state index in [9.17, 15) is 4.39 Å². The van der Waals surface area contributed by atoms with Gasteiger partial charge in [-0.1, -0.05) is 30.3 Å². The molecule has 7 heteroatoms. The number of aromatic amines is 1. The maximum atomic E-state index is 14.6. The number of nitrogens with two attached hydrogens (primary N) is 1. The number of ether oxygens (including phenoxy) is 1. The van der Waals surface area contributed by atoms with E-state index in [4.69, 9.17) is 10.5 Å². The summed E-state index contributed by atoms with van der Waals surface area (Å²) in [5.41, 5.74) is 8.02. The second kappa shape index (κ2) is 6.33. The first-order valence-corrected chi connectivity index (χ1v) is 8.10. The highest BCUT2D eigenvalue weighted by Gasteiger charge is 2.46. The first-order chi connectivity index (χ1) is 11.7. The second-order valence-corrected chi connectivity index (χ2v) is 6.28. The molecule has 126 valence electrons. The number of imidazole rings is 1.